The SMILES string of the molecule is CCN(CC)c1cc(Nc2nc(Nc3cc(N(CC)CC)c(OC)cc3N)nc(SCCO)n2)c(N)cc1OC.Cc1c(S(=O)(=O)O)sc2nsc(N)c12.Cc1nsc(N)c1C. The Balaban J connectivity index is 0.000000308. The average molecular weight is 950 g/mol. The molecule has 4 aromatic heterocycles. The maximum atomic E-state index is 10.9. The Bertz CT molecular complexity index is 2430. The molecule has 6 aromatic rings. The fourth-order valence-electron chi connectivity index (χ4n) is 5.89. The van der Waals surface area contributed by atoms with Gasteiger partial charge in [-0.1, -0.05) is 23.1 Å². The van der Waals surface area contributed by atoms with Crippen molar-refractivity contribution < 1.29 is 27.6 Å². The van der Waals surface area contributed by atoms with Crippen molar-refractivity contribution in [3.8, 4) is 11.5 Å². The van der Waals surface area contributed by atoms with Crippen LogP contribution in [0.25, 0.3) is 10.2 Å². The van der Waals surface area contributed by atoms with Crippen molar-refractivity contribution in [2.24, 2.45) is 0 Å². The third kappa shape index (κ3) is 12.1. The van der Waals surface area contributed by atoms with Gasteiger partial charge in [0.25, 0.3) is 0 Å². The quantitative estimate of drug-likeness (QED) is 0.0271. The number of anilines is 10. The molecule has 338 valence electrons. The van der Waals surface area contributed by atoms with Crippen LogP contribution in [-0.4, -0.2) is 94.5 Å². The lowest BCUT2D eigenvalue weighted by atomic mass is 10.2. The van der Waals surface area contributed by atoms with Crippen LogP contribution in [0.15, 0.2) is 33.6 Å². The number of aromatic nitrogens is 5. The second kappa shape index (κ2) is 22.3. The molecule has 0 spiro atoms. The maximum absolute atomic E-state index is 10.9. The topological polar surface area (TPSA) is 292 Å². The molecule has 24 heteroatoms. The minimum Gasteiger partial charge on any atom is -0.495 e. The van der Waals surface area contributed by atoms with Gasteiger partial charge >= 0.3 is 10.1 Å². The van der Waals surface area contributed by atoms with E-state index in [-0.39, 0.29) is 22.7 Å². The number of nitrogens with one attached hydrogen (secondary N) is 2. The molecule has 0 aliphatic heterocycles. The molecule has 0 saturated heterocycles. The number of aliphatic hydroxyl groups excluding tert-OH is 1. The van der Waals surface area contributed by atoms with Crippen molar-refractivity contribution in [3.63, 3.8) is 0 Å². The molecule has 19 nitrogen and oxygen atoms in total. The van der Waals surface area contributed by atoms with Gasteiger partial charge in [-0.25, -0.2) is 0 Å². The predicted molar refractivity (Wildman–Crippen MR) is 259 cm³/mol. The standard InChI is InChI=1S/C27H41N9O3S.C6H6N2O3S3.C5H8N2S/c1-7-35(8-2)21-15-19(17(28)13-23(21)38-5)30-25-32-26(34-27(33-25)40-12-11-37)31-20-16-22(36(9-3)10-4)24(39-6)14-18(20)29;1-2-3-4(7)13-8-5(3)12-6(2)14(9,10)11;1-3-4(2)7-8-5(3)6/h13-16,37H,7-12,28-29H2,1-6H3,(H2,30,31,32,33,34);7H2,1H3,(H,9,10,11);6H2,1-2H3. The summed E-state index contributed by atoms with van der Waals surface area (Å²) >= 11 is 4.72. The van der Waals surface area contributed by atoms with Gasteiger partial charge in [0, 0.05) is 49.6 Å². The van der Waals surface area contributed by atoms with Crippen LogP contribution in [0.4, 0.5) is 56.0 Å². The van der Waals surface area contributed by atoms with E-state index in [0.717, 1.165) is 76.7 Å². The Kier molecular flexibility index (Phi) is 17.8. The van der Waals surface area contributed by atoms with E-state index < -0.39 is 10.1 Å². The number of benzene rings is 2. The van der Waals surface area contributed by atoms with Gasteiger partial charge in [-0.3, -0.25) is 4.55 Å². The zero-order valence-electron chi connectivity index (χ0n) is 36.1. The van der Waals surface area contributed by atoms with Crippen LogP contribution in [-0.2, 0) is 10.1 Å². The lowest BCUT2D eigenvalue weighted by molar-refractivity contribution is 0.322. The second-order valence-electron chi connectivity index (χ2n) is 13.1. The summed E-state index contributed by atoms with van der Waals surface area (Å²) in [7, 11) is -0.904. The molecule has 62 heavy (non-hydrogen) atoms. The highest BCUT2D eigenvalue weighted by molar-refractivity contribution is 7.99. The van der Waals surface area contributed by atoms with Crippen LogP contribution in [0.5, 0.6) is 11.5 Å². The van der Waals surface area contributed by atoms with Crippen LogP contribution in [0.2, 0.25) is 0 Å². The predicted octanol–water partition coefficient (Wildman–Crippen LogP) is 7.15. The third-order valence-electron chi connectivity index (χ3n) is 9.33. The summed E-state index contributed by atoms with van der Waals surface area (Å²) < 4.78 is 49.9. The first-order valence-electron chi connectivity index (χ1n) is 19.2. The van der Waals surface area contributed by atoms with Crippen LogP contribution < -0.4 is 52.8 Å². The minimum absolute atomic E-state index is 0.0147. The molecule has 0 unspecified atom stereocenters. The van der Waals surface area contributed by atoms with Crippen molar-refractivity contribution in [2.75, 3.05) is 96.1 Å². The highest BCUT2D eigenvalue weighted by Gasteiger charge is 2.22. The molecular formula is C38H55N13O6S5. The van der Waals surface area contributed by atoms with Gasteiger partial charge in [-0.15, -0.1) is 0 Å². The highest BCUT2D eigenvalue weighted by Crippen LogP contribution is 2.40. The van der Waals surface area contributed by atoms with Gasteiger partial charge in [0.15, 0.2) is 9.37 Å². The van der Waals surface area contributed by atoms with Crippen LogP contribution in [0, 0.1) is 20.8 Å². The van der Waals surface area contributed by atoms with Crippen molar-refractivity contribution >= 4 is 123 Å². The summed E-state index contributed by atoms with van der Waals surface area (Å²) in [5.74, 6) is 2.37. The second-order valence-corrected chi connectivity index (χ2v) is 18.4. The van der Waals surface area contributed by atoms with E-state index in [1.165, 1.54) is 23.3 Å². The number of fused-ring (bicyclic) bond motifs is 1. The summed E-state index contributed by atoms with van der Waals surface area (Å²) in [6.45, 7) is 17.1. The lowest BCUT2D eigenvalue weighted by Crippen LogP contribution is -2.22. The summed E-state index contributed by atoms with van der Waals surface area (Å²) in [5.41, 5.74) is 30.5. The first-order chi connectivity index (χ1) is 29.4. The monoisotopic (exact) mass is 949 g/mol. The smallest absolute Gasteiger partial charge is 0.304 e. The Labute approximate surface area is 378 Å². The number of hydrogen-bond acceptors (Lipinski definition) is 22. The lowest BCUT2D eigenvalue weighted by Gasteiger charge is -2.25. The third-order valence-corrected chi connectivity index (χ3v) is 14.4. The number of aryl methyl sites for hydroxylation is 2. The molecule has 0 saturated carbocycles. The molecule has 6 rings (SSSR count). The number of nitrogen functional groups attached to an aromatic ring is 4. The number of nitrogens with two attached hydrogens (primary N) is 4. The van der Waals surface area contributed by atoms with E-state index in [4.69, 9.17) is 37.0 Å². The molecule has 0 atom stereocenters. The van der Waals surface area contributed by atoms with E-state index >= 15 is 0 Å². The van der Waals surface area contributed by atoms with Crippen LogP contribution in [0.1, 0.15) is 44.5 Å². The summed E-state index contributed by atoms with van der Waals surface area (Å²) in [4.78, 5) is 18.6. The van der Waals surface area contributed by atoms with E-state index in [9.17, 15) is 13.5 Å². The van der Waals surface area contributed by atoms with E-state index in [1.54, 1.807) is 33.3 Å². The number of thioether (sulfide) groups is 1. The first-order valence-corrected chi connectivity index (χ1v) is 24.0. The number of rotatable bonds is 16. The zero-order valence-corrected chi connectivity index (χ0v) is 40.1. The average Bonchev–Trinajstić information content (AvgIpc) is 3.89. The van der Waals surface area contributed by atoms with Crippen LogP contribution in [0.3, 0.4) is 0 Å². The number of nitrogens with zero attached hydrogens (tertiary/aromatic N) is 7. The molecule has 0 radical (unpaired) electrons. The number of methoxy groups -OCH3 is 2. The molecule has 0 fully saturated rings. The number of thiophene rings is 1. The molecular weight excluding hydrogens is 895 g/mol. The molecule has 0 bridgehead atoms. The Morgan fingerprint density at radius 1 is 0.742 bits per heavy atom. The van der Waals surface area contributed by atoms with Crippen molar-refractivity contribution in [2.45, 2.75) is 57.8 Å². The zero-order chi connectivity index (χ0) is 45.9. The van der Waals surface area contributed by atoms with Crippen molar-refractivity contribution in [1.82, 2.24) is 23.7 Å². The molecule has 0 aliphatic carbocycles. The highest BCUT2D eigenvalue weighted by atomic mass is 32.3. The number of hydrogen-bond donors (Lipinski definition) is 8. The van der Waals surface area contributed by atoms with Crippen molar-refractivity contribution in [3.05, 3.63) is 41.1 Å². The first kappa shape index (κ1) is 49.5. The van der Waals surface area contributed by atoms with Gasteiger partial charge in [-0.05, 0) is 89.2 Å². The number of aliphatic hydroxyl groups is 1. The maximum Gasteiger partial charge on any atom is 0.304 e. The molecule has 12 N–H and O–H groups in total. The Morgan fingerprint density at radius 2 is 1.23 bits per heavy atom. The normalized spacial score (nSPS) is 11.0. The molecule has 4 heterocycles. The van der Waals surface area contributed by atoms with Gasteiger partial charge in [0.05, 0.1) is 66.0 Å². The fourth-order valence-corrected chi connectivity index (χ4v) is 10.0. The van der Waals surface area contributed by atoms with Gasteiger partial charge in [0.1, 0.15) is 26.3 Å². The van der Waals surface area contributed by atoms with Gasteiger partial charge < -0.3 is 57.9 Å². The fraction of sp³-hybridized carbons (Fsp3) is 0.395. The van der Waals surface area contributed by atoms with Crippen molar-refractivity contribution in [1.29, 1.82) is 0 Å². The molecule has 0 amide bonds. The summed E-state index contributed by atoms with van der Waals surface area (Å²) in [6, 6.07) is 7.42. The minimum atomic E-state index is -4.15. The van der Waals surface area contributed by atoms with Gasteiger partial charge in [0.2, 0.25) is 11.9 Å². The molecule has 0 aliphatic rings. The summed E-state index contributed by atoms with van der Waals surface area (Å²) in [6.07, 6.45) is 0. The van der Waals surface area contributed by atoms with Gasteiger partial charge in [-0.2, -0.15) is 32.1 Å². The molecule has 2 aromatic carbocycles. The van der Waals surface area contributed by atoms with E-state index in [0.29, 0.717) is 65.9 Å². The number of ether oxygens (including phenoxy) is 2. The Morgan fingerprint density at radius 3 is 1.58 bits per heavy atom. The van der Waals surface area contributed by atoms with Crippen LogP contribution >= 0.6 is 46.2 Å². The summed E-state index contributed by atoms with van der Waals surface area (Å²) in [5, 5.41) is 18.2. The largest absolute Gasteiger partial charge is 0.495 e. The van der Waals surface area contributed by atoms with E-state index in [2.05, 4.69) is 71.8 Å². The Hall–Kier alpha value is -5.11. The van der Waals surface area contributed by atoms with E-state index in [1.807, 2.05) is 26.0 Å².